The zero-order valence-corrected chi connectivity index (χ0v) is 12.6. The normalized spacial score (nSPS) is 11.3. The van der Waals surface area contributed by atoms with Crippen LogP contribution < -0.4 is 0 Å². The van der Waals surface area contributed by atoms with Gasteiger partial charge in [-0.05, 0) is 18.6 Å². The molecule has 0 saturated carbocycles. The molecule has 0 atom stereocenters. The molecule has 0 unspecified atom stereocenters. The molecule has 0 aliphatic carbocycles. The number of aliphatic hydroxyl groups is 1. The zero-order chi connectivity index (χ0) is 14.1. The van der Waals surface area contributed by atoms with Gasteiger partial charge in [-0.3, -0.25) is 0 Å². The Morgan fingerprint density at radius 2 is 2.15 bits per heavy atom. The fraction of sp³-hybridized carbons (Fsp3) is 0.286. The summed E-state index contributed by atoms with van der Waals surface area (Å²) in [6.07, 6.45) is 1.76. The standard InChI is InChI=1S/C14H14ClN3OS/c1-2-5-10-9(8-19)13(15)18(17-10)14-16-11-6-3-4-7-12(11)20-14/h3-4,6-7,19H,2,5,8H2,1H3. The second kappa shape index (κ2) is 5.52. The minimum atomic E-state index is -0.0982. The van der Waals surface area contributed by atoms with Gasteiger partial charge >= 0.3 is 0 Å². The Kier molecular flexibility index (Phi) is 3.74. The zero-order valence-electron chi connectivity index (χ0n) is 11.0. The van der Waals surface area contributed by atoms with Gasteiger partial charge in [-0.25, -0.2) is 4.98 Å². The highest BCUT2D eigenvalue weighted by atomic mass is 35.5. The molecule has 0 spiro atoms. The minimum Gasteiger partial charge on any atom is -0.391 e. The third-order valence-corrected chi connectivity index (χ3v) is 4.51. The van der Waals surface area contributed by atoms with Gasteiger partial charge in [0.25, 0.3) is 0 Å². The molecule has 0 radical (unpaired) electrons. The number of aromatic nitrogens is 3. The Morgan fingerprint density at radius 1 is 1.35 bits per heavy atom. The van der Waals surface area contributed by atoms with E-state index >= 15 is 0 Å². The second-order valence-corrected chi connectivity index (χ2v) is 5.87. The lowest BCUT2D eigenvalue weighted by Crippen LogP contribution is -1.96. The first-order chi connectivity index (χ1) is 9.74. The fourth-order valence-corrected chi connectivity index (χ4v) is 3.40. The Hall–Kier alpha value is -1.43. The van der Waals surface area contributed by atoms with Gasteiger partial charge in [0, 0.05) is 5.56 Å². The fourth-order valence-electron chi connectivity index (χ4n) is 2.14. The molecule has 0 aliphatic rings. The number of hydrogen-bond donors (Lipinski definition) is 1. The van der Waals surface area contributed by atoms with Gasteiger partial charge in [-0.2, -0.15) is 9.78 Å². The number of fused-ring (bicyclic) bond motifs is 1. The van der Waals surface area contributed by atoms with E-state index in [1.165, 1.54) is 11.3 Å². The second-order valence-electron chi connectivity index (χ2n) is 4.50. The molecule has 1 N–H and O–H groups in total. The van der Waals surface area contributed by atoms with E-state index in [4.69, 9.17) is 11.6 Å². The van der Waals surface area contributed by atoms with E-state index in [-0.39, 0.29) is 6.61 Å². The van der Waals surface area contributed by atoms with Crippen LogP contribution in [0.1, 0.15) is 24.6 Å². The summed E-state index contributed by atoms with van der Waals surface area (Å²) in [6.45, 7) is 1.98. The Labute approximate surface area is 125 Å². The first kappa shape index (κ1) is 13.5. The summed E-state index contributed by atoms with van der Waals surface area (Å²) in [7, 11) is 0. The Bertz CT molecular complexity index is 717. The summed E-state index contributed by atoms with van der Waals surface area (Å²) in [5.41, 5.74) is 2.48. The third-order valence-electron chi connectivity index (χ3n) is 3.11. The lowest BCUT2D eigenvalue weighted by molar-refractivity contribution is 0.280. The van der Waals surface area contributed by atoms with E-state index in [1.807, 2.05) is 24.3 Å². The van der Waals surface area contributed by atoms with Gasteiger partial charge in [0.15, 0.2) is 0 Å². The maximum atomic E-state index is 9.47. The molecule has 20 heavy (non-hydrogen) atoms. The predicted molar refractivity (Wildman–Crippen MR) is 81.7 cm³/mol. The SMILES string of the molecule is CCCc1nn(-c2nc3ccccc3s2)c(Cl)c1CO. The molecule has 0 amide bonds. The van der Waals surface area contributed by atoms with Crippen LogP contribution in [-0.2, 0) is 13.0 Å². The average molecular weight is 308 g/mol. The topological polar surface area (TPSA) is 50.9 Å². The van der Waals surface area contributed by atoms with Gasteiger partial charge in [0.2, 0.25) is 5.13 Å². The number of para-hydroxylation sites is 1. The summed E-state index contributed by atoms with van der Waals surface area (Å²) in [5.74, 6) is 0. The van der Waals surface area contributed by atoms with Gasteiger partial charge in [-0.15, -0.1) is 0 Å². The lowest BCUT2D eigenvalue weighted by Gasteiger charge is -1.96. The number of hydrogen-bond acceptors (Lipinski definition) is 4. The molecule has 104 valence electrons. The van der Waals surface area contributed by atoms with E-state index in [0.717, 1.165) is 33.9 Å². The smallest absolute Gasteiger partial charge is 0.212 e. The molecule has 0 bridgehead atoms. The molecule has 0 saturated heterocycles. The number of benzene rings is 1. The van der Waals surface area contributed by atoms with Crippen molar-refractivity contribution in [1.82, 2.24) is 14.8 Å². The summed E-state index contributed by atoms with van der Waals surface area (Å²) < 4.78 is 2.72. The molecule has 3 rings (SSSR count). The summed E-state index contributed by atoms with van der Waals surface area (Å²) in [4.78, 5) is 4.55. The van der Waals surface area contributed by atoms with Crippen molar-refractivity contribution in [3.05, 3.63) is 40.7 Å². The molecule has 0 fully saturated rings. The number of aliphatic hydroxyl groups excluding tert-OH is 1. The van der Waals surface area contributed by atoms with E-state index in [0.29, 0.717) is 10.7 Å². The van der Waals surface area contributed by atoms with Crippen molar-refractivity contribution >= 4 is 33.2 Å². The first-order valence-corrected chi connectivity index (χ1v) is 7.67. The Balaban J connectivity index is 2.13. The van der Waals surface area contributed by atoms with Gasteiger partial charge in [0.1, 0.15) is 5.15 Å². The molecule has 4 nitrogen and oxygen atoms in total. The number of nitrogens with zero attached hydrogens (tertiary/aromatic N) is 3. The molecular weight excluding hydrogens is 294 g/mol. The van der Waals surface area contributed by atoms with Crippen LogP contribution in [0.2, 0.25) is 5.15 Å². The van der Waals surface area contributed by atoms with Crippen LogP contribution in [0.25, 0.3) is 15.3 Å². The highest BCUT2D eigenvalue weighted by Gasteiger charge is 2.18. The van der Waals surface area contributed by atoms with Crippen molar-refractivity contribution in [1.29, 1.82) is 0 Å². The molecule has 3 aromatic rings. The van der Waals surface area contributed by atoms with Crippen LogP contribution in [-0.4, -0.2) is 19.9 Å². The highest BCUT2D eigenvalue weighted by molar-refractivity contribution is 7.20. The Morgan fingerprint density at radius 3 is 2.85 bits per heavy atom. The summed E-state index contributed by atoms with van der Waals surface area (Å²) >= 11 is 7.87. The van der Waals surface area contributed by atoms with Crippen molar-refractivity contribution in [3.8, 4) is 5.13 Å². The maximum absolute atomic E-state index is 9.47. The maximum Gasteiger partial charge on any atom is 0.212 e. The van der Waals surface area contributed by atoms with Crippen LogP contribution in [0.4, 0.5) is 0 Å². The van der Waals surface area contributed by atoms with Crippen molar-refractivity contribution in [2.24, 2.45) is 0 Å². The van der Waals surface area contributed by atoms with Crippen molar-refractivity contribution in [2.75, 3.05) is 0 Å². The van der Waals surface area contributed by atoms with Crippen molar-refractivity contribution in [2.45, 2.75) is 26.4 Å². The molecule has 6 heteroatoms. The van der Waals surface area contributed by atoms with Gasteiger partial charge in [-0.1, -0.05) is 48.4 Å². The van der Waals surface area contributed by atoms with Crippen LogP contribution in [0.3, 0.4) is 0 Å². The largest absolute Gasteiger partial charge is 0.391 e. The molecule has 0 aliphatic heterocycles. The van der Waals surface area contributed by atoms with Crippen LogP contribution in [0.5, 0.6) is 0 Å². The lowest BCUT2D eigenvalue weighted by atomic mass is 10.2. The molecule has 2 aromatic heterocycles. The number of rotatable bonds is 4. The van der Waals surface area contributed by atoms with E-state index in [1.54, 1.807) is 4.68 Å². The highest BCUT2D eigenvalue weighted by Crippen LogP contribution is 2.29. The third kappa shape index (κ3) is 2.22. The van der Waals surface area contributed by atoms with E-state index in [2.05, 4.69) is 17.0 Å². The number of thiazole rings is 1. The van der Waals surface area contributed by atoms with Crippen molar-refractivity contribution < 1.29 is 5.11 Å². The average Bonchev–Trinajstić information content (AvgIpc) is 3.00. The molecule has 1 aromatic carbocycles. The van der Waals surface area contributed by atoms with Crippen molar-refractivity contribution in [3.63, 3.8) is 0 Å². The van der Waals surface area contributed by atoms with Crippen LogP contribution >= 0.6 is 22.9 Å². The monoisotopic (exact) mass is 307 g/mol. The quantitative estimate of drug-likeness (QED) is 0.801. The predicted octanol–water partition coefficient (Wildman–Crippen LogP) is 3.58. The number of aryl methyl sites for hydroxylation is 1. The van der Waals surface area contributed by atoms with E-state index < -0.39 is 0 Å². The summed E-state index contributed by atoms with van der Waals surface area (Å²) in [5, 5.41) is 15.2. The van der Waals surface area contributed by atoms with Crippen LogP contribution in [0.15, 0.2) is 24.3 Å². The molecule has 2 heterocycles. The van der Waals surface area contributed by atoms with Crippen LogP contribution in [0, 0.1) is 0 Å². The van der Waals surface area contributed by atoms with E-state index in [9.17, 15) is 5.11 Å². The van der Waals surface area contributed by atoms with Gasteiger partial charge in [0.05, 0.1) is 22.5 Å². The summed E-state index contributed by atoms with van der Waals surface area (Å²) in [6, 6.07) is 7.93. The first-order valence-electron chi connectivity index (χ1n) is 6.47. The number of halogens is 1. The molecular formula is C14H14ClN3OS. The minimum absolute atomic E-state index is 0.0982. The van der Waals surface area contributed by atoms with Gasteiger partial charge < -0.3 is 5.11 Å².